The van der Waals surface area contributed by atoms with Crippen molar-refractivity contribution in [2.75, 3.05) is 36.5 Å². The first-order chi connectivity index (χ1) is 21.3. The maximum absolute atomic E-state index is 12.5. The molecular weight excluding hydrogens is 578 g/mol. The molecule has 2 saturated heterocycles. The largest absolute Gasteiger partial charge is 0.381 e. The summed E-state index contributed by atoms with van der Waals surface area (Å²) in [6.07, 6.45) is 7.31. The van der Waals surface area contributed by atoms with Crippen LogP contribution in [-0.2, 0) is 9.53 Å². The normalized spacial score (nSPS) is 22.2. The molecule has 1 saturated carbocycles. The first kappa shape index (κ1) is 28.6. The number of hydrogen-bond acceptors (Lipinski definition) is 11. The van der Waals surface area contributed by atoms with Crippen molar-refractivity contribution < 1.29 is 14.6 Å². The Morgan fingerprint density at radius 2 is 1.89 bits per heavy atom. The summed E-state index contributed by atoms with van der Waals surface area (Å²) in [5.74, 6) is 0.282. The number of nitriles is 1. The van der Waals surface area contributed by atoms with E-state index in [0.717, 1.165) is 90.3 Å². The van der Waals surface area contributed by atoms with Crippen molar-refractivity contribution in [2.24, 2.45) is 11.8 Å². The molecule has 7 rings (SSSR count). The lowest BCUT2D eigenvalue weighted by Crippen LogP contribution is -2.56. The van der Waals surface area contributed by atoms with E-state index in [4.69, 9.17) is 9.72 Å². The zero-order valence-electron chi connectivity index (χ0n) is 24.7. The number of ether oxygens (including phenoxy) is 1. The van der Waals surface area contributed by atoms with E-state index in [2.05, 4.69) is 36.9 Å². The Bertz CT molecular complexity index is 1720. The Morgan fingerprint density at radius 3 is 2.61 bits per heavy atom. The summed E-state index contributed by atoms with van der Waals surface area (Å²) in [6.45, 7) is 6.06. The number of rotatable bonds is 7. The van der Waals surface area contributed by atoms with Crippen LogP contribution >= 0.6 is 11.3 Å². The molecule has 0 spiro atoms. The molecule has 2 atom stereocenters. The van der Waals surface area contributed by atoms with Gasteiger partial charge in [-0.15, -0.1) is 10.2 Å². The number of carbonyl (C=O) groups excluding carboxylic acids is 1. The molecule has 3 fully saturated rings. The van der Waals surface area contributed by atoms with Gasteiger partial charge >= 0.3 is 0 Å². The molecule has 4 aromatic heterocycles. The SMILES string of the molecule is CC(C)(O)C(=O)NC1C2CCC1CN(c1nnc(-c3cnc(-c4ccc5cc(C#N)cnn45)cc3NC3CCOCC3)s1)C2. The molecule has 2 unspecified atom stereocenters. The Morgan fingerprint density at radius 1 is 1.11 bits per heavy atom. The minimum atomic E-state index is -1.39. The number of anilines is 2. The summed E-state index contributed by atoms with van der Waals surface area (Å²) in [5.41, 5.74) is 3.36. The van der Waals surface area contributed by atoms with Gasteiger partial charge in [0.2, 0.25) is 5.13 Å². The van der Waals surface area contributed by atoms with Gasteiger partial charge in [0.25, 0.3) is 5.91 Å². The van der Waals surface area contributed by atoms with Crippen LogP contribution in [0.4, 0.5) is 10.8 Å². The van der Waals surface area contributed by atoms with Crippen molar-refractivity contribution in [1.29, 1.82) is 5.26 Å². The number of fused-ring (bicyclic) bond motifs is 3. The molecule has 3 N–H and O–H groups in total. The van der Waals surface area contributed by atoms with Crippen molar-refractivity contribution >= 4 is 33.6 Å². The molecule has 3 aliphatic rings. The Hall–Kier alpha value is -4.12. The monoisotopic (exact) mass is 613 g/mol. The highest BCUT2D eigenvalue weighted by atomic mass is 32.1. The summed E-state index contributed by atoms with van der Waals surface area (Å²) < 4.78 is 7.39. The van der Waals surface area contributed by atoms with Crippen molar-refractivity contribution in [3.63, 3.8) is 0 Å². The summed E-state index contributed by atoms with van der Waals surface area (Å²) in [7, 11) is 0. The molecule has 1 aliphatic carbocycles. The van der Waals surface area contributed by atoms with Gasteiger partial charge in [0.05, 0.1) is 34.2 Å². The fraction of sp³-hybridized carbons (Fsp3) is 0.484. The van der Waals surface area contributed by atoms with Crippen molar-refractivity contribution in [2.45, 2.75) is 57.2 Å². The van der Waals surface area contributed by atoms with Gasteiger partial charge in [-0.2, -0.15) is 10.4 Å². The third-order valence-electron chi connectivity index (χ3n) is 8.98. The average Bonchev–Trinajstić information content (AvgIpc) is 3.73. The Labute approximate surface area is 259 Å². The van der Waals surface area contributed by atoms with Crippen LogP contribution in [0.1, 0.15) is 45.1 Å². The number of hydrogen-bond donors (Lipinski definition) is 3. The van der Waals surface area contributed by atoms with E-state index in [1.165, 1.54) is 13.8 Å². The van der Waals surface area contributed by atoms with Gasteiger partial charge in [-0.1, -0.05) is 11.3 Å². The summed E-state index contributed by atoms with van der Waals surface area (Å²) >= 11 is 1.55. The second kappa shape index (κ2) is 11.4. The lowest BCUT2D eigenvalue weighted by molar-refractivity contribution is -0.137. The fourth-order valence-electron chi connectivity index (χ4n) is 6.60. The third-order valence-corrected chi connectivity index (χ3v) is 10.00. The number of piperidine rings is 1. The standard InChI is InChI=1S/C31H35N9O3S/c1-31(2,42)29(41)36-27-19-3-4-20(27)17-39(16-19)30-38-37-28(44-30)23-15-33-25(12-24(23)35-21-7-9-43-10-8-21)26-6-5-22-11-18(13-32)14-34-40(22)26/h5-6,11-12,14-15,19-21,27,42H,3-4,7-10,16-17H2,1-2H3,(H,33,35)(H,36,41). The van der Waals surface area contributed by atoms with Gasteiger partial charge < -0.3 is 25.4 Å². The summed E-state index contributed by atoms with van der Waals surface area (Å²) in [5, 5.41) is 41.6. The van der Waals surface area contributed by atoms with Crippen molar-refractivity contribution in [3.05, 3.63) is 42.2 Å². The molecule has 228 valence electrons. The molecule has 0 radical (unpaired) electrons. The third kappa shape index (κ3) is 5.49. The van der Waals surface area contributed by atoms with Crippen molar-refractivity contribution in [1.82, 2.24) is 30.1 Å². The van der Waals surface area contributed by atoms with Gasteiger partial charge in [0.1, 0.15) is 11.7 Å². The van der Waals surface area contributed by atoms with E-state index in [1.807, 2.05) is 30.5 Å². The van der Waals surface area contributed by atoms with Crippen LogP contribution in [-0.4, -0.2) is 79.8 Å². The zero-order chi connectivity index (χ0) is 30.4. The number of amides is 1. The van der Waals surface area contributed by atoms with Crippen LogP contribution in [0.15, 0.2) is 36.7 Å². The second-order valence-electron chi connectivity index (χ2n) is 12.5. The van der Waals surface area contributed by atoms with Crippen molar-refractivity contribution in [3.8, 4) is 28.0 Å². The number of pyridine rings is 1. The van der Waals surface area contributed by atoms with Crippen LogP contribution in [0.2, 0.25) is 0 Å². The maximum Gasteiger partial charge on any atom is 0.251 e. The lowest BCUT2D eigenvalue weighted by Gasteiger charge is -2.38. The molecule has 2 bridgehead atoms. The smallest absolute Gasteiger partial charge is 0.251 e. The van der Waals surface area contributed by atoms with Gasteiger partial charge in [0.15, 0.2) is 5.01 Å². The van der Waals surface area contributed by atoms with E-state index in [9.17, 15) is 15.2 Å². The highest BCUT2D eigenvalue weighted by Crippen LogP contribution is 2.42. The van der Waals surface area contributed by atoms with Gasteiger partial charge in [-0.05, 0) is 75.6 Å². The lowest BCUT2D eigenvalue weighted by atomic mass is 9.91. The van der Waals surface area contributed by atoms with E-state index in [0.29, 0.717) is 17.4 Å². The van der Waals surface area contributed by atoms with E-state index in [1.54, 1.807) is 22.0 Å². The molecule has 12 nitrogen and oxygen atoms in total. The first-order valence-corrected chi connectivity index (χ1v) is 15.9. The number of aromatic nitrogens is 5. The maximum atomic E-state index is 12.5. The number of nitrogens with one attached hydrogen (secondary N) is 2. The highest BCUT2D eigenvalue weighted by Gasteiger charge is 2.44. The predicted octanol–water partition coefficient (Wildman–Crippen LogP) is 3.48. The Kier molecular flexibility index (Phi) is 7.44. The quantitative estimate of drug-likeness (QED) is 0.282. The molecule has 2 aliphatic heterocycles. The summed E-state index contributed by atoms with van der Waals surface area (Å²) in [4.78, 5) is 19.6. The number of aliphatic hydroxyl groups is 1. The Balaban J connectivity index is 1.16. The second-order valence-corrected chi connectivity index (χ2v) is 13.5. The fourth-order valence-corrected chi connectivity index (χ4v) is 7.48. The van der Waals surface area contributed by atoms with Gasteiger partial charge in [0, 0.05) is 50.3 Å². The average molecular weight is 614 g/mol. The van der Waals surface area contributed by atoms with Gasteiger partial charge in [-0.25, -0.2) is 4.52 Å². The molecule has 4 aromatic rings. The minimum Gasteiger partial charge on any atom is -0.381 e. The molecule has 6 heterocycles. The predicted molar refractivity (Wildman–Crippen MR) is 166 cm³/mol. The zero-order valence-corrected chi connectivity index (χ0v) is 25.5. The topological polar surface area (TPSA) is 154 Å². The van der Waals surface area contributed by atoms with Crippen LogP contribution in [0.25, 0.3) is 27.5 Å². The van der Waals surface area contributed by atoms with E-state index < -0.39 is 5.60 Å². The van der Waals surface area contributed by atoms with Crippen LogP contribution in [0.5, 0.6) is 0 Å². The van der Waals surface area contributed by atoms with Crippen LogP contribution in [0.3, 0.4) is 0 Å². The molecule has 0 aromatic carbocycles. The molecule has 1 amide bonds. The molecule has 13 heteroatoms. The van der Waals surface area contributed by atoms with Crippen LogP contribution < -0.4 is 15.5 Å². The van der Waals surface area contributed by atoms with E-state index in [-0.39, 0.29) is 18.0 Å². The molecular formula is C31H35N9O3S. The van der Waals surface area contributed by atoms with Gasteiger partial charge in [-0.3, -0.25) is 9.78 Å². The van der Waals surface area contributed by atoms with Crippen LogP contribution in [0, 0.1) is 23.2 Å². The minimum absolute atomic E-state index is 0.0655. The van der Waals surface area contributed by atoms with E-state index >= 15 is 0 Å². The number of nitrogens with zero attached hydrogens (tertiary/aromatic N) is 7. The first-order valence-electron chi connectivity index (χ1n) is 15.1. The highest BCUT2D eigenvalue weighted by molar-refractivity contribution is 7.18. The summed E-state index contributed by atoms with van der Waals surface area (Å²) in [6, 6.07) is 10.2. The molecule has 44 heavy (non-hydrogen) atoms. The number of carbonyl (C=O) groups is 1.